The zero-order valence-electron chi connectivity index (χ0n) is 10.3. The number of rotatable bonds is 3. The summed E-state index contributed by atoms with van der Waals surface area (Å²) >= 11 is 0. The van der Waals surface area contributed by atoms with E-state index in [9.17, 15) is 17.6 Å². The van der Waals surface area contributed by atoms with Crippen LogP contribution in [0.2, 0.25) is 0 Å². The van der Waals surface area contributed by atoms with Crippen LogP contribution >= 0.6 is 0 Å². The van der Waals surface area contributed by atoms with Crippen LogP contribution in [0.3, 0.4) is 0 Å². The zero-order chi connectivity index (χ0) is 14.2. The van der Waals surface area contributed by atoms with E-state index in [0.717, 1.165) is 10.4 Å². The van der Waals surface area contributed by atoms with Crippen molar-refractivity contribution in [3.8, 4) is 0 Å². The fraction of sp³-hybridized carbons (Fsp3) is 0.417. The van der Waals surface area contributed by atoms with Gasteiger partial charge in [0.2, 0.25) is 10.0 Å². The Labute approximate surface area is 110 Å². The lowest BCUT2D eigenvalue weighted by Gasteiger charge is -2.21. The second kappa shape index (κ2) is 4.90. The topological polar surface area (TPSA) is 74.7 Å². The molecule has 0 spiro atoms. The summed E-state index contributed by atoms with van der Waals surface area (Å²) in [5.41, 5.74) is 0.604. The van der Waals surface area contributed by atoms with Crippen molar-refractivity contribution < 1.29 is 22.7 Å². The third-order valence-electron chi connectivity index (χ3n) is 3.16. The lowest BCUT2D eigenvalue weighted by Crippen LogP contribution is -2.40. The van der Waals surface area contributed by atoms with Crippen LogP contribution in [0.5, 0.6) is 0 Å². The molecular weight excluding hydrogens is 273 g/mol. The van der Waals surface area contributed by atoms with Gasteiger partial charge in [-0.1, -0.05) is 6.07 Å². The predicted molar refractivity (Wildman–Crippen MR) is 65.7 cm³/mol. The third-order valence-corrected chi connectivity index (χ3v) is 5.10. The van der Waals surface area contributed by atoms with Crippen molar-refractivity contribution >= 4 is 16.0 Å². The summed E-state index contributed by atoms with van der Waals surface area (Å²) in [4.78, 5) is 10.6. The van der Waals surface area contributed by atoms with Gasteiger partial charge in [0.25, 0.3) is 0 Å². The Morgan fingerprint density at radius 3 is 2.74 bits per heavy atom. The van der Waals surface area contributed by atoms with Crippen molar-refractivity contribution in [3.63, 3.8) is 0 Å². The van der Waals surface area contributed by atoms with Crippen LogP contribution in [0.1, 0.15) is 18.4 Å². The van der Waals surface area contributed by atoms with Crippen molar-refractivity contribution in [2.45, 2.75) is 30.7 Å². The number of aliphatic carboxylic acids is 1. The largest absolute Gasteiger partial charge is 0.480 e. The maximum Gasteiger partial charge on any atom is 0.322 e. The zero-order valence-corrected chi connectivity index (χ0v) is 11.2. The Morgan fingerprint density at radius 2 is 2.16 bits per heavy atom. The van der Waals surface area contributed by atoms with Gasteiger partial charge in [-0.3, -0.25) is 4.79 Å². The first kappa shape index (κ1) is 14.0. The standard InChI is InChI=1S/C12H14FNO4S/c1-8-4-5-11(9(13)7-8)19(17,18)14-6-2-3-10(14)12(15)16/h4-5,7,10H,2-3,6H2,1H3,(H,15,16)/t10-/m1/s1. The second-order valence-corrected chi connectivity index (χ2v) is 6.40. The van der Waals surface area contributed by atoms with E-state index in [4.69, 9.17) is 5.11 Å². The Hall–Kier alpha value is -1.47. The fourth-order valence-corrected chi connectivity index (χ4v) is 3.91. The van der Waals surface area contributed by atoms with Gasteiger partial charge in [0.1, 0.15) is 16.8 Å². The Balaban J connectivity index is 2.45. The van der Waals surface area contributed by atoms with E-state index in [-0.39, 0.29) is 13.0 Å². The highest BCUT2D eigenvalue weighted by Gasteiger charge is 2.40. The number of nitrogens with zero attached hydrogens (tertiary/aromatic N) is 1. The van der Waals surface area contributed by atoms with Crippen LogP contribution < -0.4 is 0 Å². The molecule has 1 fully saturated rings. The minimum absolute atomic E-state index is 0.104. The summed E-state index contributed by atoms with van der Waals surface area (Å²) in [7, 11) is -4.10. The van der Waals surface area contributed by atoms with E-state index < -0.39 is 32.7 Å². The Kier molecular flexibility index (Phi) is 3.60. The summed E-state index contributed by atoms with van der Waals surface area (Å²) in [6.07, 6.45) is 0.714. The van der Waals surface area contributed by atoms with Crippen LogP contribution in [0.4, 0.5) is 4.39 Å². The molecule has 2 rings (SSSR count). The van der Waals surface area contributed by atoms with Crippen molar-refractivity contribution in [2.75, 3.05) is 6.54 Å². The first-order valence-corrected chi connectivity index (χ1v) is 7.29. The SMILES string of the molecule is Cc1ccc(S(=O)(=O)N2CCC[C@@H]2C(=O)O)c(F)c1. The number of halogens is 1. The smallest absolute Gasteiger partial charge is 0.322 e. The van der Waals surface area contributed by atoms with Gasteiger partial charge in [0, 0.05) is 6.54 Å². The number of sulfonamides is 1. The molecule has 104 valence electrons. The van der Waals surface area contributed by atoms with Gasteiger partial charge < -0.3 is 5.11 Å². The maximum absolute atomic E-state index is 13.8. The molecule has 1 heterocycles. The molecule has 0 aromatic heterocycles. The van der Waals surface area contributed by atoms with E-state index >= 15 is 0 Å². The molecule has 1 N–H and O–H groups in total. The average Bonchev–Trinajstić information content (AvgIpc) is 2.77. The molecular formula is C12H14FNO4S. The summed E-state index contributed by atoms with van der Waals surface area (Å²) in [5, 5.41) is 9.01. The van der Waals surface area contributed by atoms with E-state index in [1.54, 1.807) is 6.92 Å². The number of aryl methyl sites for hydroxylation is 1. The summed E-state index contributed by atoms with van der Waals surface area (Å²) in [6, 6.07) is 2.68. The maximum atomic E-state index is 13.8. The van der Waals surface area contributed by atoms with Crippen molar-refractivity contribution in [2.24, 2.45) is 0 Å². The predicted octanol–water partition coefficient (Wildman–Crippen LogP) is 1.37. The molecule has 7 heteroatoms. The molecule has 0 amide bonds. The van der Waals surface area contributed by atoms with Gasteiger partial charge in [-0.15, -0.1) is 0 Å². The minimum Gasteiger partial charge on any atom is -0.480 e. The van der Waals surface area contributed by atoms with Gasteiger partial charge >= 0.3 is 5.97 Å². The number of hydrogen-bond donors (Lipinski definition) is 1. The highest BCUT2D eigenvalue weighted by atomic mass is 32.2. The van der Waals surface area contributed by atoms with Crippen LogP contribution in [-0.2, 0) is 14.8 Å². The minimum atomic E-state index is -4.10. The van der Waals surface area contributed by atoms with Gasteiger partial charge in [-0.2, -0.15) is 4.31 Å². The molecule has 0 radical (unpaired) electrons. The number of carboxylic acids is 1. The number of carboxylic acid groups (broad SMARTS) is 1. The van der Waals surface area contributed by atoms with Crippen LogP contribution in [0.15, 0.2) is 23.1 Å². The van der Waals surface area contributed by atoms with Gasteiger partial charge in [0.15, 0.2) is 0 Å². The van der Waals surface area contributed by atoms with Crippen LogP contribution in [0, 0.1) is 12.7 Å². The van der Waals surface area contributed by atoms with Crippen LogP contribution in [-0.4, -0.2) is 36.4 Å². The summed E-state index contributed by atoms with van der Waals surface area (Å²) in [5.74, 6) is -2.05. The molecule has 1 aliphatic rings. The molecule has 0 bridgehead atoms. The van der Waals surface area contributed by atoms with E-state index in [1.807, 2.05) is 0 Å². The molecule has 0 saturated carbocycles. The summed E-state index contributed by atoms with van der Waals surface area (Å²) < 4.78 is 39.2. The van der Waals surface area contributed by atoms with Gasteiger partial charge in [-0.25, -0.2) is 12.8 Å². The lowest BCUT2D eigenvalue weighted by molar-refractivity contribution is -0.140. The Bertz CT molecular complexity index is 614. The first-order chi connectivity index (χ1) is 8.84. The van der Waals surface area contributed by atoms with E-state index in [1.165, 1.54) is 12.1 Å². The number of carbonyl (C=O) groups is 1. The van der Waals surface area contributed by atoms with Gasteiger partial charge in [-0.05, 0) is 37.5 Å². The normalized spacial score (nSPS) is 20.6. The van der Waals surface area contributed by atoms with E-state index in [2.05, 4.69) is 0 Å². The monoisotopic (exact) mass is 287 g/mol. The quantitative estimate of drug-likeness (QED) is 0.911. The molecule has 5 nitrogen and oxygen atoms in total. The lowest BCUT2D eigenvalue weighted by atomic mass is 10.2. The van der Waals surface area contributed by atoms with Crippen LogP contribution in [0.25, 0.3) is 0 Å². The third kappa shape index (κ3) is 2.48. The molecule has 1 atom stereocenters. The van der Waals surface area contributed by atoms with Crippen molar-refractivity contribution in [3.05, 3.63) is 29.6 Å². The van der Waals surface area contributed by atoms with Crippen molar-refractivity contribution in [1.29, 1.82) is 0 Å². The highest BCUT2D eigenvalue weighted by Crippen LogP contribution is 2.27. The molecule has 1 aromatic rings. The molecule has 19 heavy (non-hydrogen) atoms. The fourth-order valence-electron chi connectivity index (χ4n) is 2.22. The second-order valence-electron chi connectivity index (χ2n) is 4.55. The average molecular weight is 287 g/mol. The summed E-state index contributed by atoms with van der Waals surface area (Å²) in [6.45, 7) is 1.75. The van der Waals surface area contributed by atoms with E-state index in [0.29, 0.717) is 12.0 Å². The molecule has 0 aliphatic carbocycles. The molecule has 1 saturated heterocycles. The molecule has 1 aromatic carbocycles. The number of hydrogen-bond acceptors (Lipinski definition) is 3. The van der Waals surface area contributed by atoms with Crippen molar-refractivity contribution in [1.82, 2.24) is 4.31 Å². The Morgan fingerprint density at radius 1 is 1.47 bits per heavy atom. The highest BCUT2D eigenvalue weighted by molar-refractivity contribution is 7.89. The molecule has 1 aliphatic heterocycles. The van der Waals surface area contributed by atoms with Gasteiger partial charge in [0.05, 0.1) is 0 Å². The number of benzene rings is 1. The first-order valence-electron chi connectivity index (χ1n) is 5.85. The molecule has 0 unspecified atom stereocenters.